The zero-order chi connectivity index (χ0) is 18.7. The first-order valence-corrected chi connectivity index (χ1v) is 10.8. The molecule has 144 valence electrons. The van der Waals surface area contributed by atoms with Crippen LogP contribution in [0, 0.1) is 11.7 Å². The van der Waals surface area contributed by atoms with Crippen LogP contribution in [0.25, 0.3) is 0 Å². The Labute approximate surface area is 153 Å². The number of halogens is 1. The molecule has 1 aromatic carbocycles. The van der Waals surface area contributed by atoms with Crippen LogP contribution < -0.4 is 9.64 Å². The van der Waals surface area contributed by atoms with Gasteiger partial charge >= 0.3 is 0 Å². The maximum Gasteiger partial charge on any atom is 0.223 e. The van der Waals surface area contributed by atoms with Crippen molar-refractivity contribution in [1.82, 2.24) is 4.90 Å². The van der Waals surface area contributed by atoms with Crippen molar-refractivity contribution < 1.29 is 27.2 Å². The van der Waals surface area contributed by atoms with E-state index >= 15 is 0 Å². The van der Waals surface area contributed by atoms with E-state index in [9.17, 15) is 17.6 Å². The zero-order valence-electron chi connectivity index (χ0n) is 15.0. The average Bonchev–Trinajstić information content (AvgIpc) is 2.94. The Morgan fingerprint density at radius 3 is 2.69 bits per heavy atom. The number of benzene rings is 1. The molecule has 2 aliphatic heterocycles. The van der Waals surface area contributed by atoms with Crippen molar-refractivity contribution in [3.05, 3.63) is 29.6 Å². The maximum absolute atomic E-state index is 13.5. The van der Waals surface area contributed by atoms with E-state index in [0.29, 0.717) is 38.2 Å². The Morgan fingerprint density at radius 2 is 2.08 bits per heavy atom. The average molecular weight is 385 g/mol. The van der Waals surface area contributed by atoms with Crippen LogP contribution in [-0.2, 0) is 21.2 Å². The lowest BCUT2D eigenvalue weighted by Gasteiger charge is -2.33. The molecule has 8 heteroatoms. The van der Waals surface area contributed by atoms with Gasteiger partial charge in [0.25, 0.3) is 0 Å². The predicted octanol–water partition coefficient (Wildman–Crippen LogP) is -0.114. The summed E-state index contributed by atoms with van der Waals surface area (Å²) in [4.78, 5) is 15.5. The minimum Gasteiger partial charge on any atom is -0.496 e. The molecule has 0 aliphatic carbocycles. The number of nitrogens with zero attached hydrogens (tertiary/aromatic N) is 1. The van der Waals surface area contributed by atoms with Crippen LogP contribution in [0.3, 0.4) is 0 Å². The van der Waals surface area contributed by atoms with E-state index < -0.39 is 9.84 Å². The van der Waals surface area contributed by atoms with E-state index in [-0.39, 0.29) is 29.1 Å². The maximum atomic E-state index is 13.5. The molecule has 2 saturated heterocycles. The molecule has 0 bridgehead atoms. The van der Waals surface area contributed by atoms with E-state index in [0.717, 1.165) is 18.7 Å². The van der Waals surface area contributed by atoms with Gasteiger partial charge in [-0.3, -0.25) is 4.79 Å². The normalized spacial score (nSPS) is 23.2. The molecule has 1 aromatic rings. The minimum absolute atomic E-state index is 0.0329. The highest BCUT2D eigenvalue weighted by Gasteiger charge is 2.32. The molecule has 3 rings (SSSR count). The van der Waals surface area contributed by atoms with E-state index in [1.54, 1.807) is 13.2 Å². The lowest BCUT2D eigenvalue weighted by atomic mass is 10.0. The highest BCUT2D eigenvalue weighted by Crippen LogP contribution is 2.22. The summed E-state index contributed by atoms with van der Waals surface area (Å²) in [5, 5.41) is 0. The molecule has 6 nitrogen and oxygen atoms in total. The number of hydrogen-bond acceptors (Lipinski definition) is 4. The molecular weight excluding hydrogens is 359 g/mol. The SMILES string of the molecule is COc1ccc(F)cc1C[NH+]1CCN(C(=O)C[C@@H]2CCS(=O)(=O)C2)CC1. The molecule has 0 spiro atoms. The van der Waals surface area contributed by atoms with Crippen molar-refractivity contribution in [3.63, 3.8) is 0 Å². The van der Waals surface area contributed by atoms with Gasteiger partial charge in [-0.05, 0) is 30.5 Å². The van der Waals surface area contributed by atoms with Crippen LogP contribution >= 0.6 is 0 Å². The summed E-state index contributed by atoms with van der Waals surface area (Å²) < 4.78 is 41.8. The van der Waals surface area contributed by atoms with Gasteiger partial charge in [-0.25, -0.2) is 12.8 Å². The molecule has 1 amide bonds. The standard InChI is InChI=1S/C18H25FN2O4S/c1-25-17-3-2-16(19)11-15(17)12-20-5-7-21(8-6-20)18(22)10-14-4-9-26(23,24)13-14/h2-3,11,14H,4-10,12-13H2,1H3/p+1/t14-/m0/s1. The molecule has 26 heavy (non-hydrogen) atoms. The summed E-state index contributed by atoms with van der Waals surface area (Å²) in [6, 6.07) is 4.53. The van der Waals surface area contributed by atoms with Crippen LogP contribution in [0.2, 0.25) is 0 Å². The third kappa shape index (κ3) is 4.73. The fourth-order valence-corrected chi connectivity index (χ4v) is 5.67. The van der Waals surface area contributed by atoms with Gasteiger partial charge in [0, 0.05) is 6.42 Å². The second-order valence-corrected chi connectivity index (χ2v) is 9.47. The smallest absolute Gasteiger partial charge is 0.223 e. The molecule has 1 atom stereocenters. The van der Waals surface area contributed by atoms with Crippen molar-refractivity contribution in [1.29, 1.82) is 0 Å². The summed E-state index contributed by atoms with van der Waals surface area (Å²) in [5.74, 6) is 0.770. The molecule has 0 aromatic heterocycles. The van der Waals surface area contributed by atoms with Gasteiger partial charge in [0.1, 0.15) is 18.1 Å². The zero-order valence-corrected chi connectivity index (χ0v) is 15.9. The molecule has 0 unspecified atom stereocenters. The van der Waals surface area contributed by atoms with Crippen LogP contribution in [0.5, 0.6) is 5.75 Å². The van der Waals surface area contributed by atoms with Gasteiger partial charge in [0.2, 0.25) is 5.91 Å². The monoisotopic (exact) mass is 385 g/mol. The number of piperazine rings is 1. The number of ether oxygens (including phenoxy) is 1. The van der Waals surface area contributed by atoms with Crippen LogP contribution in [0.15, 0.2) is 18.2 Å². The Bertz CT molecular complexity index is 760. The number of rotatable bonds is 5. The number of amides is 1. The third-order valence-corrected chi connectivity index (χ3v) is 7.13. The van der Waals surface area contributed by atoms with Gasteiger partial charge in [-0.1, -0.05) is 0 Å². The minimum atomic E-state index is -2.94. The number of carbonyl (C=O) groups excluding carboxylic acids is 1. The van der Waals surface area contributed by atoms with Gasteiger partial charge in [0.05, 0.1) is 50.4 Å². The number of sulfone groups is 1. The van der Waals surface area contributed by atoms with Crippen molar-refractivity contribution in [2.24, 2.45) is 5.92 Å². The first-order valence-electron chi connectivity index (χ1n) is 9.00. The summed E-state index contributed by atoms with van der Waals surface area (Å²) in [6.07, 6.45) is 0.922. The summed E-state index contributed by atoms with van der Waals surface area (Å²) >= 11 is 0. The Morgan fingerprint density at radius 1 is 1.35 bits per heavy atom. The molecule has 2 fully saturated rings. The second-order valence-electron chi connectivity index (χ2n) is 7.24. The summed E-state index contributed by atoms with van der Waals surface area (Å²) in [7, 11) is -1.37. The van der Waals surface area contributed by atoms with E-state index in [4.69, 9.17) is 4.74 Å². The lowest BCUT2D eigenvalue weighted by Crippen LogP contribution is -3.13. The Balaban J connectivity index is 1.50. The molecule has 0 saturated carbocycles. The number of nitrogens with one attached hydrogen (secondary N) is 1. The van der Waals surface area contributed by atoms with Crippen molar-refractivity contribution in [3.8, 4) is 5.75 Å². The number of carbonyl (C=O) groups is 1. The predicted molar refractivity (Wildman–Crippen MR) is 95.3 cm³/mol. The van der Waals surface area contributed by atoms with E-state index in [1.165, 1.54) is 17.0 Å². The van der Waals surface area contributed by atoms with E-state index in [1.807, 2.05) is 4.90 Å². The highest BCUT2D eigenvalue weighted by atomic mass is 32.2. The lowest BCUT2D eigenvalue weighted by molar-refractivity contribution is -0.917. The van der Waals surface area contributed by atoms with E-state index in [2.05, 4.69) is 0 Å². The fraction of sp³-hybridized carbons (Fsp3) is 0.611. The Hall–Kier alpha value is -1.67. The first kappa shape index (κ1) is 19.1. The molecule has 1 N–H and O–H groups in total. The topological polar surface area (TPSA) is 68.1 Å². The number of hydrogen-bond donors (Lipinski definition) is 1. The summed E-state index contributed by atoms with van der Waals surface area (Å²) in [5.41, 5.74) is 0.832. The summed E-state index contributed by atoms with van der Waals surface area (Å²) in [6.45, 7) is 3.52. The molecule has 2 heterocycles. The van der Waals surface area contributed by atoms with Crippen LogP contribution in [0.4, 0.5) is 4.39 Å². The molecule has 2 aliphatic rings. The van der Waals surface area contributed by atoms with Crippen molar-refractivity contribution in [2.75, 3.05) is 44.8 Å². The third-order valence-electron chi connectivity index (χ3n) is 5.30. The van der Waals surface area contributed by atoms with Gasteiger partial charge in [-0.15, -0.1) is 0 Å². The molecule has 0 radical (unpaired) electrons. The number of methoxy groups -OCH3 is 1. The Kier molecular flexibility index (Phi) is 5.82. The second kappa shape index (κ2) is 7.92. The van der Waals surface area contributed by atoms with Crippen molar-refractivity contribution >= 4 is 15.7 Å². The quantitative estimate of drug-likeness (QED) is 0.768. The largest absolute Gasteiger partial charge is 0.496 e. The van der Waals surface area contributed by atoms with Gasteiger partial charge < -0.3 is 14.5 Å². The first-order chi connectivity index (χ1) is 12.4. The van der Waals surface area contributed by atoms with Crippen LogP contribution in [0.1, 0.15) is 18.4 Å². The van der Waals surface area contributed by atoms with Gasteiger partial charge in [0.15, 0.2) is 9.84 Å². The van der Waals surface area contributed by atoms with Crippen LogP contribution in [-0.4, -0.2) is 64.0 Å². The fourth-order valence-electron chi connectivity index (χ4n) is 3.81. The van der Waals surface area contributed by atoms with Crippen molar-refractivity contribution in [2.45, 2.75) is 19.4 Å². The van der Waals surface area contributed by atoms with Gasteiger partial charge in [-0.2, -0.15) is 0 Å². The number of quaternary nitrogens is 1. The molecular formula is C18H26FN2O4S+. The highest BCUT2D eigenvalue weighted by molar-refractivity contribution is 7.91.